The summed E-state index contributed by atoms with van der Waals surface area (Å²) in [6.45, 7) is 8.72. The molecule has 1 aliphatic rings. The van der Waals surface area contributed by atoms with Gasteiger partial charge in [-0.05, 0) is 12.8 Å². The van der Waals surface area contributed by atoms with Gasteiger partial charge in [-0.25, -0.2) is 4.98 Å². The van der Waals surface area contributed by atoms with Crippen LogP contribution in [0.1, 0.15) is 29.4 Å². The molecule has 2 N–H and O–H groups in total. The van der Waals surface area contributed by atoms with Crippen molar-refractivity contribution in [1.82, 2.24) is 4.98 Å². The highest BCUT2D eigenvalue weighted by molar-refractivity contribution is 7.12. The van der Waals surface area contributed by atoms with E-state index in [-0.39, 0.29) is 5.41 Å². The monoisotopic (exact) mass is 240 g/mol. The van der Waals surface area contributed by atoms with Crippen molar-refractivity contribution in [1.29, 1.82) is 0 Å². The van der Waals surface area contributed by atoms with Crippen LogP contribution in [0.3, 0.4) is 0 Å². The third-order valence-corrected chi connectivity index (χ3v) is 4.48. The molecule has 0 saturated carbocycles. The lowest BCUT2D eigenvalue weighted by Gasteiger charge is -2.39. The number of nitrogens with two attached hydrogens (primary N) is 1. The highest BCUT2D eigenvalue weighted by Gasteiger charge is 2.42. The zero-order valence-electron chi connectivity index (χ0n) is 10.2. The molecule has 1 saturated heterocycles. The molecule has 0 radical (unpaired) electrons. The molecule has 0 bridgehead atoms. The van der Waals surface area contributed by atoms with Crippen LogP contribution in [0.2, 0.25) is 0 Å². The molecule has 4 heteroatoms. The maximum Gasteiger partial charge on any atom is 0.0933 e. The highest BCUT2D eigenvalue weighted by Crippen LogP contribution is 2.37. The maximum atomic E-state index is 5.88. The molecule has 0 aromatic carbocycles. The van der Waals surface area contributed by atoms with Crippen molar-refractivity contribution in [2.45, 2.75) is 32.6 Å². The predicted molar refractivity (Wildman–Crippen MR) is 66.9 cm³/mol. The van der Waals surface area contributed by atoms with Crippen molar-refractivity contribution < 1.29 is 4.74 Å². The predicted octanol–water partition coefficient (Wildman–Crippen LogP) is 1.88. The third-order valence-electron chi connectivity index (χ3n) is 3.05. The molecule has 0 unspecified atom stereocenters. The van der Waals surface area contributed by atoms with E-state index in [0.717, 1.165) is 25.3 Å². The lowest BCUT2D eigenvalue weighted by atomic mass is 9.83. The zero-order valence-corrected chi connectivity index (χ0v) is 11.1. The molecule has 0 amide bonds. The van der Waals surface area contributed by atoms with E-state index in [0.29, 0.717) is 12.5 Å². The van der Waals surface area contributed by atoms with Gasteiger partial charge in [0.05, 0.1) is 29.3 Å². The Balaban J connectivity index is 2.24. The van der Waals surface area contributed by atoms with Crippen molar-refractivity contribution >= 4 is 11.3 Å². The first-order valence-corrected chi connectivity index (χ1v) is 6.63. The molecule has 1 aliphatic heterocycles. The Morgan fingerprint density at radius 2 is 2.19 bits per heavy atom. The number of hydrogen-bond donors (Lipinski definition) is 1. The van der Waals surface area contributed by atoms with Crippen LogP contribution < -0.4 is 5.73 Å². The molecule has 90 valence electrons. The normalized spacial score (nSPS) is 18.8. The molecular weight excluding hydrogens is 220 g/mol. The van der Waals surface area contributed by atoms with Crippen molar-refractivity contribution in [3.63, 3.8) is 0 Å². The smallest absolute Gasteiger partial charge is 0.0933 e. The largest absolute Gasteiger partial charge is 0.379 e. The van der Waals surface area contributed by atoms with Gasteiger partial charge < -0.3 is 10.5 Å². The van der Waals surface area contributed by atoms with Gasteiger partial charge in [-0.15, -0.1) is 11.3 Å². The zero-order chi connectivity index (χ0) is 11.8. The van der Waals surface area contributed by atoms with Crippen molar-refractivity contribution in [3.8, 4) is 0 Å². The summed E-state index contributed by atoms with van der Waals surface area (Å²) in [5.74, 6) is 0.657. The second kappa shape index (κ2) is 4.43. The van der Waals surface area contributed by atoms with E-state index in [1.54, 1.807) is 0 Å². The standard InChI is InChI=1S/C12H20N2OS/c1-8(2)4-10-14-9(3)11(16-10)12(5-13)6-15-7-12/h8H,4-7,13H2,1-3H3. The minimum Gasteiger partial charge on any atom is -0.379 e. The number of thiazole rings is 1. The number of ether oxygens (including phenoxy) is 1. The first-order chi connectivity index (χ1) is 7.57. The Morgan fingerprint density at radius 1 is 1.50 bits per heavy atom. The van der Waals surface area contributed by atoms with Crippen LogP contribution in [0.5, 0.6) is 0 Å². The Morgan fingerprint density at radius 3 is 2.62 bits per heavy atom. The van der Waals surface area contributed by atoms with Crippen LogP contribution in [0.25, 0.3) is 0 Å². The first kappa shape index (κ1) is 12.0. The molecule has 16 heavy (non-hydrogen) atoms. The fourth-order valence-corrected chi connectivity index (χ4v) is 3.52. The minimum absolute atomic E-state index is 0.0664. The number of nitrogens with zero attached hydrogens (tertiary/aromatic N) is 1. The number of hydrogen-bond acceptors (Lipinski definition) is 4. The van der Waals surface area contributed by atoms with Gasteiger partial charge in [0, 0.05) is 17.8 Å². The van der Waals surface area contributed by atoms with Crippen molar-refractivity contribution in [2.24, 2.45) is 11.7 Å². The van der Waals surface area contributed by atoms with Gasteiger partial charge in [-0.1, -0.05) is 13.8 Å². The van der Waals surface area contributed by atoms with Gasteiger partial charge in [-0.2, -0.15) is 0 Å². The van der Waals surface area contributed by atoms with Crippen LogP contribution >= 0.6 is 11.3 Å². The molecule has 0 spiro atoms. The highest BCUT2D eigenvalue weighted by atomic mass is 32.1. The van der Waals surface area contributed by atoms with E-state index in [2.05, 4.69) is 25.8 Å². The van der Waals surface area contributed by atoms with E-state index in [1.165, 1.54) is 9.88 Å². The van der Waals surface area contributed by atoms with Crippen LogP contribution in [0.4, 0.5) is 0 Å². The first-order valence-electron chi connectivity index (χ1n) is 5.82. The second-order valence-corrected chi connectivity index (χ2v) is 6.18. The Labute approximate surface area is 101 Å². The molecule has 0 atom stereocenters. The summed E-state index contributed by atoms with van der Waals surface area (Å²) >= 11 is 1.82. The summed E-state index contributed by atoms with van der Waals surface area (Å²) < 4.78 is 5.33. The minimum atomic E-state index is 0.0664. The fourth-order valence-electron chi connectivity index (χ4n) is 2.07. The molecule has 0 aliphatic carbocycles. The fraction of sp³-hybridized carbons (Fsp3) is 0.750. The van der Waals surface area contributed by atoms with Crippen LogP contribution in [-0.2, 0) is 16.6 Å². The van der Waals surface area contributed by atoms with Gasteiger partial charge in [0.2, 0.25) is 0 Å². The topological polar surface area (TPSA) is 48.1 Å². The van der Waals surface area contributed by atoms with Crippen molar-refractivity contribution in [2.75, 3.05) is 19.8 Å². The molecule has 1 fully saturated rings. The molecular formula is C12H20N2OS. The van der Waals surface area contributed by atoms with E-state index in [4.69, 9.17) is 10.5 Å². The maximum absolute atomic E-state index is 5.88. The van der Waals surface area contributed by atoms with E-state index in [9.17, 15) is 0 Å². The van der Waals surface area contributed by atoms with Crippen LogP contribution in [0.15, 0.2) is 0 Å². The summed E-state index contributed by atoms with van der Waals surface area (Å²) in [5.41, 5.74) is 7.09. The van der Waals surface area contributed by atoms with E-state index >= 15 is 0 Å². The second-order valence-electron chi connectivity index (χ2n) is 5.10. The van der Waals surface area contributed by atoms with E-state index < -0.39 is 0 Å². The van der Waals surface area contributed by atoms with Gasteiger partial charge in [0.1, 0.15) is 0 Å². The summed E-state index contributed by atoms with van der Waals surface area (Å²) in [4.78, 5) is 6.00. The van der Waals surface area contributed by atoms with Gasteiger partial charge in [-0.3, -0.25) is 0 Å². The molecule has 2 rings (SSSR count). The summed E-state index contributed by atoms with van der Waals surface area (Å²) in [7, 11) is 0. The lowest BCUT2D eigenvalue weighted by molar-refractivity contribution is -0.0535. The molecule has 2 heterocycles. The Hall–Kier alpha value is -0.450. The lowest BCUT2D eigenvalue weighted by Crippen LogP contribution is -2.52. The third kappa shape index (κ3) is 2.01. The number of aromatic nitrogens is 1. The quantitative estimate of drug-likeness (QED) is 0.874. The number of rotatable bonds is 4. The van der Waals surface area contributed by atoms with Crippen molar-refractivity contribution in [3.05, 3.63) is 15.6 Å². The SMILES string of the molecule is Cc1nc(CC(C)C)sc1C1(CN)COC1. The molecule has 3 nitrogen and oxygen atoms in total. The van der Waals surface area contributed by atoms with Crippen LogP contribution in [0, 0.1) is 12.8 Å². The Kier molecular flexibility index (Phi) is 3.33. The average Bonchev–Trinajstić information content (AvgIpc) is 2.46. The Bertz CT molecular complexity index is 364. The molecule has 1 aromatic rings. The van der Waals surface area contributed by atoms with Crippen LogP contribution in [-0.4, -0.2) is 24.7 Å². The van der Waals surface area contributed by atoms with Gasteiger partial charge in [0.15, 0.2) is 0 Å². The summed E-state index contributed by atoms with van der Waals surface area (Å²) in [5, 5.41) is 1.24. The number of aryl methyl sites for hydroxylation is 1. The molecule has 1 aromatic heterocycles. The van der Waals surface area contributed by atoms with Gasteiger partial charge >= 0.3 is 0 Å². The average molecular weight is 240 g/mol. The van der Waals surface area contributed by atoms with E-state index in [1.807, 2.05) is 11.3 Å². The summed E-state index contributed by atoms with van der Waals surface area (Å²) in [6, 6.07) is 0. The summed E-state index contributed by atoms with van der Waals surface area (Å²) in [6.07, 6.45) is 1.06. The van der Waals surface area contributed by atoms with Gasteiger partial charge in [0.25, 0.3) is 0 Å².